The summed E-state index contributed by atoms with van der Waals surface area (Å²) >= 11 is 0. The van der Waals surface area contributed by atoms with E-state index in [2.05, 4.69) is 23.1 Å². The zero-order chi connectivity index (χ0) is 15.2. The van der Waals surface area contributed by atoms with Gasteiger partial charge in [0.25, 0.3) is 5.91 Å². The number of hydrogen-bond donors (Lipinski definition) is 0. The summed E-state index contributed by atoms with van der Waals surface area (Å²) in [5.74, 6) is 0.628. The third-order valence-electron chi connectivity index (χ3n) is 3.02. The van der Waals surface area contributed by atoms with Gasteiger partial charge in [-0.15, -0.1) is 0 Å². The van der Waals surface area contributed by atoms with Crippen LogP contribution in [0.2, 0.25) is 0 Å². The standard InChI is InChI=1S/C17H17N3O/c1-4-11-20-12-13-9-7-8-10-14(13)17(18-15(20)5-2)19-16(21)6-3/h4-11H,2-3,12H2,1H3/b11-4-,19-17+. The average molecular weight is 279 g/mol. The van der Waals surface area contributed by atoms with Crippen molar-refractivity contribution in [2.24, 2.45) is 9.98 Å². The van der Waals surface area contributed by atoms with Crippen LogP contribution in [0.5, 0.6) is 0 Å². The minimum Gasteiger partial charge on any atom is -0.329 e. The summed E-state index contributed by atoms with van der Waals surface area (Å²) in [4.78, 5) is 22.0. The van der Waals surface area contributed by atoms with Crippen LogP contribution in [0.4, 0.5) is 0 Å². The molecule has 0 bridgehead atoms. The smallest absolute Gasteiger partial charge is 0.271 e. The Labute approximate surface area is 124 Å². The number of hydrogen-bond acceptors (Lipinski definition) is 2. The summed E-state index contributed by atoms with van der Waals surface area (Å²) in [6.07, 6.45) is 6.68. The van der Waals surface area contributed by atoms with Crippen LogP contribution in [0.3, 0.4) is 0 Å². The number of amides is 1. The van der Waals surface area contributed by atoms with Gasteiger partial charge in [0.15, 0.2) is 5.84 Å². The van der Waals surface area contributed by atoms with Gasteiger partial charge < -0.3 is 4.90 Å². The lowest BCUT2D eigenvalue weighted by Crippen LogP contribution is -2.22. The first-order valence-electron chi connectivity index (χ1n) is 6.63. The molecule has 0 radical (unpaired) electrons. The number of carbonyl (C=O) groups excluding carboxylic acids is 1. The molecule has 0 saturated heterocycles. The fraction of sp³-hybridized carbons (Fsp3) is 0.118. The molecule has 4 nitrogen and oxygen atoms in total. The van der Waals surface area contributed by atoms with E-state index in [1.165, 1.54) is 6.08 Å². The van der Waals surface area contributed by atoms with Crippen LogP contribution >= 0.6 is 0 Å². The summed E-state index contributed by atoms with van der Waals surface area (Å²) in [6.45, 7) is 9.81. The normalized spacial score (nSPS) is 16.3. The van der Waals surface area contributed by atoms with Crippen molar-refractivity contribution in [2.75, 3.05) is 0 Å². The summed E-state index contributed by atoms with van der Waals surface area (Å²) in [7, 11) is 0. The summed E-state index contributed by atoms with van der Waals surface area (Å²) in [5.41, 5.74) is 1.89. The Balaban J connectivity index is 2.63. The molecule has 106 valence electrons. The SMILES string of the molecule is C=CC(=O)/N=C1/N=C(C=C)N(/C=C\C)Cc2ccccc21. The van der Waals surface area contributed by atoms with E-state index in [0.29, 0.717) is 18.2 Å². The Kier molecular flexibility index (Phi) is 4.61. The molecular formula is C17H17N3O. The van der Waals surface area contributed by atoms with Crippen molar-refractivity contribution in [3.8, 4) is 0 Å². The summed E-state index contributed by atoms with van der Waals surface area (Å²) in [5, 5.41) is 0. The number of fused-ring (bicyclic) bond motifs is 1. The van der Waals surface area contributed by atoms with Crippen LogP contribution in [0, 0.1) is 0 Å². The van der Waals surface area contributed by atoms with Crippen LogP contribution < -0.4 is 0 Å². The molecule has 0 aliphatic carbocycles. The zero-order valence-electron chi connectivity index (χ0n) is 12.0. The molecule has 0 atom stereocenters. The van der Waals surface area contributed by atoms with E-state index in [1.54, 1.807) is 6.08 Å². The largest absolute Gasteiger partial charge is 0.329 e. The molecule has 0 fully saturated rings. The molecule has 21 heavy (non-hydrogen) atoms. The first-order chi connectivity index (χ1) is 10.2. The van der Waals surface area contributed by atoms with E-state index in [9.17, 15) is 4.79 Å². The molecule has 1 aromatic rings. The fourth-order valence-electron chi connectivity index (χ4n) is 2.08. The van der Waals surface area contributed by atoms with Gasteiger partial charge in [-0.1, -0.05) is 43.5 Å². The highest BCUT2D eigenvalue weighted by atomic mass is 16.1. The van der Waals surface area contributed by atoms with Gasteiger partial charge in [-0.3, -0.25) is 4.79 Å². The van der Waals surface area contributed by atoms with Crippen LogP contribution in [-0.4, -0.2) is 22.5 Å². The Morgan fingerprint density at radius 2 is 2.14 bits per heavy atom. The molecule has 0 N–H and O–H groups in total. The molecule has 4 heteroatoms. The van der Waals surface area contributed by atoms with Gasteiger partial charge in [-0.25, -0.2) is 4.99 Å². The van der Waals surface area contributed by atoms with Crippen molar-refractivity contribution < 1.29 is 4.79 Å². The molecule has 1 aromatic carbocycles. The van der Waals surface area contributed by atoms with E-state index >= 15 is 0 Å². The van der Waals surface area contributed by atoms with E-state index in [-0.39, 0.29) is 0 Å². The second-order valence-corrected chi connectivity index (χ2v) is 4.42. The van der Waals surface area contributed by atoms with Crippen molar-refractivity contribution >= 4 is 17.6 Å². The van der Waals surface area contributed by atoms with Crippen molar-refractivity contribution in [1.82, 2.24) is 4.90 Å². The Bertz CT molecular complexity index is 668. The van der Waals surface area contributed by atoms with Crippen molar-refractivity contribution in [3.63, 3.8) is 0 Å². The molecule has 1 amide bonds. The van der Waals surface area contributed by atoms with E-state index in [4.69, 9.17) is 0 Å². The molecule has 0 unspecified atom stereocenters. The maximum Gasteiger partial charge on any atom is 0.271 e. The van der Waals surface area contributed by atoms with Crippen molar-refractivity contribution in [1.29, 1.82) is 0 Å². The monoisotopic (exact) mass is 279 g/mol. The number of aliphatic imine (C=N–C) groups is 2. The highest BCUT2D eigenvalue weighted by Gasteiger charge is 2.18. The predicted molar refractivity (Wildman–Crippen MR) is 86.2 cm³/mol. The van der Waals surface area contributed by atoms with Crippen LogP contribution in [0.15, 0.2) is 71.8 Å². The highest BCUT2D eigenvalue weighted by Crippen LogP contribution is 2.19. The Hall–Kier alpha value is -2.75. The van der Waals surface area contributed by atoms with Gasteiger partial charge in [0.05, 0.1) is 0 Å². The van der Waals surface area contributed by atoms with Crippen LogP contribution in [0.25, 0.3) is 0 Å². The first-order valence-corrected chi connectivity index (χ1v) is 6.63. The molecule has 0 aromatic heterocycles. The van der Waals surface area contributed by atoms with Gasteiger partial charge >= 0.3 is 0 Å². The lowest BCUT2D eigenvalue weighted by atomic mass is 10.1. The minimum atomic E-state index is -0.411. The molecule has 1 aliphatic heterocycles. The fourth-order valence-corrected chi connectivity index (χ4v) is 2.08. The predicted octanol–water partition coefficient (Wildman–Crippen LogP) is 3.08. The second kappa shape index (κ2) is 6.61. The second-order valence-electron chi connectivity index (χ2n) is 4.42. The minimum absolute atomic E-state index is 0.386. The molecule has 2 rings (SSSR count). The maximum atomic E-state index is 11.6. The lowest BCUT2D eigenvalue weighted by Gasteiger charge is -2.18. The van der Waals surface area contributed by atoms with Gasteiger partial charge in [-0.2, -0.15) is 4.99 Å². The Morgan fingerprint density at radius 3 is 2.81 bits per heavy atom. The lowest BCUT2D eigenvalue weighted by molar-refractivity contribution is -0.113. The van der Waals surface area contributed by atoms with E-state index < -0.39 is 5.91 Å². The summed E-state index contributed by atoms with van der Waals surface area (Å²) < 4.78 is 0. The zero-order valence-corrected chi connectivity index (χ0v) is 12.0. The maximum absolute atomic E-state index is 11.6. The van der Waals surface area contributed by atoms with Gasteiger partial charge in [-0.05, 0) is 24.6 Å². The molecule has 0 spiro atoms. The number of benzene rings is 1. The number of rotatable bonds is 3. The van der Waals surface area contributed by atoms with Gasteiger partial charge in [0.1, 0.15) is 5.84 Å². The Morgan fingerprint density at radius 1 is 1.38 bits per heavy atom. The number of nitrogens with zero attached hydrogens (tertiary/aromatic N) is 3. The van der Waals surface area contributed by atoms with Crippen molar-refractivity contribution in [2.45, 2.75) is 13.5 Å². The third-order valence-corrected chi connectivity index (χ3v) is 3.02. The summed E-state index contributed by atoms with van der Waals surface area (Å²) in [6, 6.07) is 7.77. The topological polar surface area (TPSA) is 45.0 Å². The molecule has 1 heterocycles. The number of amidine groups is 2. The van der Waals surface area contributed by atoms with Gasteiger partial charge in [0, 0.05) is 18.3 Å². The molecule has 0 saturated carbocycles. The third kappa shape index (κ3) is 3.23. The number of carbonyl (C=O) groups is 1. The highest BCUT2D eigenvalue weighted by molar-refractivity contribution is 6.15. The molecule has 1 aliphatic rings. The van der Waals surface area contributed by atoms with Crippen LogP contribution in [0.1, 0.15) is 18.1 Å². The number of allylic oxidation sites excluding steroid dienone is 1. The average Bonchev–Trinajstić information content (AvgIpc) is 2.65. The van der Waals surface area contributed by atoms with E-state index in [0.717, 1.165) is 11.1 Å². The van der Waals surface area contributed by atoms with Crippen molar-refractivity contribution in [3.05, 3.63) is 73.0 Å². The molecular weight excluding hydrogens is 262 g/mol. The first kappa shape index (κ1) is 14.7. The van der Waals surface area contributed by atoms with Gasteiger partial charge in [0.2, 0.25) is 0 Å². The van der Waals surface area contributed by atoms with Crippen LogP contribution in [-0.2, 0) is 11.3 Å². The quantitative estimate of drug-likeness (QED) is 0.798. The van der Waals surface area contributed by atoms with E-state index in [1.807, 2.05) is 48.4 Å².